The summed E-state index contributed by atoms with van der Waals surface area (Å²) in [5.41, 5.74) is 2.02. The Balaban J connectivity index is 1.71. The van der Waals surface area contributed by atoms with Crippen LogP contribution in [0.2, 0.25) is 0 Å². The lowest BCUT2D eigenvalue weighted by molar-refractivity contribution is -0.144. The summed E-state index contributed by atoms with van der Waals surface area (Å²) in [4.78, 5) is 34.2. The van der Waals surface area contributed by atoms with Crippen molar-refractivity contribution in [2.24, 2.45) is 0 Å². The molecule has 2 aliphatic rings. The van der Waals surface area contributed by atoms with Crippen LogP contribution in [0.5, 0.6) is 0 Å². The maximum Gasteiger partial charge on any atom is 0.323 e. The molecule has 26 heavy (non-hydrogen) atoms. The molecule has 142 valence electrons. The van der Waals surface area contributed by atoms with Gasteiger partial charge in [-0.25, -0.2) is 0 Å². The number of carboxylic acid groups (broad SMARTS) is 1. The fraction of sp³-hybridized carbons (Fsp3) is 0.632. The van der Waals surface area contributed by atoms with Crippen LogP contribution in [-0.4, -0.2) is 82.0 Å². The highest BCUT2D eigenvalue weighted by atomic mass is 16.4. The van der Waals surface area contributed by atoms with Crippen molar-refractivity contribution in [1.82, 2.24) is 19.7 Å². The van der Waals surface area contributed by atoms with Crippen LogP contribution in [0.4, 0.5) is 0 Å². The number of likely N-dealkylation sites (N-methyl/N-ethyl adjacent to an activating group) is 1. The Morgan fingerprint density at radius 1 is 1.27 bits per heavy atom. The van der Waals surface area contributed by atoms with Gasteiger partial charge in [-0.05, 0) is 38.9 Å². The summed E-state index contributed by atoms with van der Waals surface area (Å²) in [7, 11) is 2.12. The Morgan fingerprint density at radius 3 is 2.81 bits per heavy atom. The van der Waals surface area contributed by atoms with Crippen molar-refractivity contribution in [2.75, 3.05) is 39.8 Å². The minimum absolute atomic E-state index is 0.0462. The number of amides is 1. The molecule has 1 aromatic heterocycles. The molecule has 2 saturated heterocycles. The van der Waals surface area contributed by atoms with Crippen molar-refractivity contribution < 1.29 is 14.7 Å². The number of likely N-dealkylation sites (tertiary alicyclic amines) is 1. The quantitative estimate of drug-likeness (QED) is 0.862. The summed E-state index contributed by atoms with van der Waals surface area (Å²) in [6, 6.07) is 6.10. The third kappa shape index (κ3) is 4.22. The van der Waals surface area contributed by atoms with Crippen LogP contribution in [0.3, 0.4) is 0 Å². The molecular weight excluding hydrogens is 332 g/mol. The number of hydrogen-bond acceptors (Lipinski definition) is 5. The van der Waals surface area contributed by atoms with E-state index in [0.29, 0.717) is 13.0 Å². The second-order valence-corrected chi connectivity index (χ2v) is 7.59. The van der Waals surface area contributed by atoms with E-state index in [-0.39, 0.29) is 18.0 Å². The number of piperazine rings is 1. The Labute approximate surface area is 154 Å². The smallest absolute Gasteiger partial charge is 0.323 e. The number of rotatable bonds is 4. The molecule has 1 aromatic rings. The Hall–Kier alpha value is -1.99. The number of aliphatic carboxylic acids is 1. The van der Waals surface area contributed by atoms with Crippen molar-refractivity contribution in [3.63, 3.8) is 0 Å². The molecule has 3 heterocycles. The highest BCUT2D eigenvalue weighted by molar-refractivity contribution is 5.81. The number of carbonyl (C=O) groups excluding carboxylic acids is 1. The van der Waals surface area contributed by atoms with Crippen LogP contribution in [0.15, 0.2) is 18.2 Å². The number of pyridine rings is 1. The van der Waals surface area contributed by atoms with Gasteiger partial charge in [0.1, 0.15) is 6.54 Å². The summed E-state index contributed by atoms with van der Waals surface area (Å²) in [6.07, 6.45) is 1.99. The predicted molar refractivity (Wildman–Crippen MR) is 97.7 cm³/mol. The first kappa shape index (κ1) is 18.8. The fourth-order valence-electron chi connectivity index (χ4n) is 4.16. The van der Waals surface area contributed by atoms with Gasteiger partial charge in [0, 0.05) is 50.4 Å². The molecule has 1 amide bonds. The zero-order valence-electron chi connectivity index (χ0n) is 15.6. The van der Waals surface area contributed by atoms with E-state index in [2.05, 4.69) is 27.9 Å². The molecule has 1 spiro atoms. The lowest BCUT2D eigenvalue weighted by Crippen LogP contribution is -2.60. The van der Waals surface area contributed by atoms with Crippen molar-refractivity contribution in [1.29, 1.82) is 0 Å². The van der Waals surface area contributed by atoms with Gasteiger partial charge in [0.15, 0.2) is 0 Å². The largest absolute Gasteiger partial charge is 0.480 e. The Kier molecular flexibility index (Phi) is 5.58. The summed E-state index contributed by atoms with van der Waals surface area (Å²) in [5.74, 6) is -0.992. The minimum Gasteiger partial charge on any atom is -0.480 e. The molecule has 3 rings (SSSR count). The van der Waals surface area contributed by atoms with E-state index in [4.69, 9.17) is 5.11 Å². The molecule has 2 aliphatic heterocycles. The molecule has 0 aromatic carbocycles. The number of nitrogens with zero attached hydrogens (tertiary/aromatic N) is 4. The molecule has 7 heteroatoms. The molecule has 0 saturated carbocycles. The van der Waals surface area contributed by atoms with E-state index in [9.17, 15) is 9.59 Å². The number of carbonyl (C=O) groups is 2. The maximum absolute atomic E-state index is 12.3. The lowest BCUT2D eigenvalue weighted by atomic mass is 9.86. The van der Waals surface area contributed by atoms with Gasteiger partial charge in [0.05, 0.1) is 5.69 Å². The number of aromatic nitrogens is 1. The van der Waals surface area contributed by atoms with E-state index in [1.807, 2.05) is 19.1 Å². The van der Waals surface area contributed by atoms with Crippen LogP contribution < -0.4 is 0 Å². The second-order valence-electron chi connectivity index (χ2n) is 7.59. The molecule has 7 nitrogen and oxygen atoms in total. The first-order valence-corrected chi connectivity index (χ1v) is 9.24. The van der Waals surface area contributed by atoms with Crippen LogP contribution in [0.1, 0.15) is 30.7 Å². The average Bonchev–Trinajstić information content (AvgIpc) is 2.73. The topological polar surface area (TPSA) is 77.0 Å². The van der Waals surface area contributed by atoms with Crippen molar-refractivity contribution in [2.45, 2.75) is 38.3 Å². The van der Waals surface area contributed by atoms with Crippen LogP contribution in [0, 0.1) is 6.92 Å². The SMILES string of the molecule is Cc1cccc(CN2CCN(C)[C@]3(CCC(=O)N(CC(=O)O)CC3)C2)n1. The highest BCUT2D eigenvalue weighted by Gasteiger charge is 2.42. The fourth-order valence-corrected chi connectivity index (χ4v) is 4.16. The number of carboxylic acids is 1. The molecular formula is C19H28N4O3. The summed E-state index contributed by atoms with van der Waals surface area (Å²) < 4.78 is 0. The van der Waals surface area contributed by atoms with Gasteiger partial charge in [-0.1, -0.05) is 6.07 Å². The van der Waals surface area contributed by atoms with E-state index in [1.54, 1.807) is 0 Å². The third-order valence-corrected chi connectivity index (χ3v) is 5.74. The zero-order valence-corrected chi connectivity index (χ0v) is 15.6. The third-order valence-electron chi connectivity index (χ3n) is 5.74. The maximum atomic E-state index is 12.3. The Morgan fingerprint density at radius 2 is 2.08 bits per heavy atom. The molecule has 1 atom stereocenters. The molecule has 0 bridgehead atoms. The second kappa shape index (κ2) is 7.72. The molecule has 0 radical (unpaired) electrons. The Bertz CT molecular complexity index is 681. The number of aryl methyl sites for hydroxylation is 1. The van der Waals surface area contributed by atoms with Gasteiger partial charge in [-0.3, -0.25) is 24.4 Å². The predicted octanol–water partition coefficient (Wildman–Crippen LogP) is 0.973. The normalized spacial score (nSPS) is 25.5. The summed E-state index contributed by atoms with van der Waals surface area (Å²) in [6.45, 7) is 5.92. The van der Waals surface area contributed by atoms with Crippen LogP contribution in [-0.2, 0) is 16.1 Å². The summed E-state index contributed by atoms with van der Waals surface area (Å²) >= 11 is 0. The van der Waals surface area contributed by atoms with Gasteiger partial charge < -0.3 is 10.0 Å². The molecule has 0 unspecified atom stereocenters. The molecule has 1 N–H and O–H groups in total. The van der Waals surface area contributed by atoms with Crippen LogP contribution >= 0.6 is 0 Å². The van der Waals surface area contributed by atoms with Gasteiger partial charge in [-0.15, -0.1) is 0 Å². The first-order valence-electron chi connectivity index (χ1n) is 9.24. The van der Waals surface area contributed by atoms with E-state index in [0.717, 1.165) is 50.4 Å². The minimum atomic E-state index is -0.946. The van der Waals surface area contributed by atoms with Crippen molar-refractivity contribution in [3.05, 3.63) is 29.6 Å². The van der Waals surface area contributed by atoms with Crippen molar-refractivity contribution >= 4 is 11.9 Å². The van der Waals surface area contributed by atoms with E-state index >= 15 is 0 Å². The van der Waals surface area contributed by atoms with Gasteiger partial charge in [0.2, 0.25) is 5.91 Å². The van der Waals surface area contributed by atoms with Gasteiger partial charge >= 0.3 is 5.97 Å². The van der Waals surface area contributed by atoms with E-state index in [1.165, 1.54) is 4.90 Å². The summed E-state index contributed by atoms with van der Waals surface area (Å²) in [5, 5.41) is 9.04. The first-order chi connectivity index (χ1) is 12.4. The monoisotopic (exact) mass is 360 g/mol. The van der Waals surface area contributed by atoms with Gasteiger partial charge in [0.25, 0.3) is 0 Å². The molecule has 2 fully saturated rings. The van der Waals surface area contributed by atoms with Crippen LogP contribution in [0.25, 0.3) is 0 Å². The van der Waals surface area contributed by atoms with Gasteiger partial charge in [-0.2, -0.15) is 0 Å². The van der Waals surface area contributed by atoms with E-state index < -0.39 is 5.97 Å². The standard InChI is InChI=1S/C19H28N4O3/c1-15-4-3-5-16(20-15)12-22-11-10-21(2)19(14-22)7-6-17(24)23(9-8-19)13-18(25)26/h3-5H,6-14H2,1-2H3,(H,25,26)/t19-/m0/s1. The lowest BCUT2D eigenvalue weighted by Gasteiger charge is -2.49. The molecule has 0 aliphatic carbocycles. The average molecular weight is 360 g/mol. The zero-order chi connectivity index (χ0) is 18.7. The highest BCUT2D eigenvalue weighted by Crippen LogP contribution is 2.32. The van der Waals surface area contributed by atoms with Crippen molar-refractivity contribution in [3.8, 4) is 0 Å². The number of hydrogen-bond donors (Lipinski definition) is 1.